The van der Waals surface area contributed by atoms with Crippen molar-refractivity contribution in [2.24, 2.45) is 0 Å². The minimum atomic E-state index is -6.83. The van der Waals surface area contributed by atoms with Crippen LogP contribution in [0.4, 0.5) is 11.6 Å². The molecule has 2 aromatic heterocycles. The van der Waals surface area contributed by atoms with Gasteiger partial charge in [-0.25, -0.2) is 19.6 Å². The number of nitrogen functional groups attached to an aromatic ring is 1. The molecule has 2 heterocycles. The van der Waals surface area contributed by atoms with E-state index in [9.17, 15) is 68.3 Å². The molecule has 0 fully saturated rings. The molecule has 238 valence electrons. The summed E-state index contributed by atoms with van der Waals surface area (Å²) in [6, 6.07) is 0.949. The molecule has 1 aromatic carbocycles. The molecule has 10 N–H and O–H groups in total. The highest BCUT2D eigenvalue weighted by molar-refractivity contribution is 8.08. The Morgan fingerprint density at radius 1 is 0.955 bits per heavy atom. The van der Waals surface area contributed by atoms with Crippen LogP contribution in [-0.2, 0) is 46.5 Å². The molecule has 0 aliphatic heterocycles. The number of aromatic nitrogens is 4. The van der Waals surface area contributed by atoms with Crippen LogP contribution in [0.2, 0.25) is 0 Å². The topological polar surface area (TPSA) is 376 Å². The molecular formula is C19H19N7O15S3. The number of hydrogen-bond donors (Lipinski definition) is 9. The van der Waals surface area contributed by atoms with Crippen molar-refractivity contribution in [3.63, 3.8) is 0 Å². The Hall–Kier alpha value is -4.82. The predicted octanol–water partition coefficient (Wildman–Crippen LogP) is -3.10. The Bertz CT molecular complexity index is 2020. The number of carboxylic acid groups (broad SMARTS) is 2. The van der Waals surface area contributed by atoms with Crippen LogP contribution in [0.3, 0.4) is 0 Å². The summed E-state index contributed by atoms with van der Waals surface area (Å²) in [4.78, 5) is 62.5. The van der Waals surface area contributed by atoms with Gasteiger partial charge in [-0.15, -0.1) is 0 Å². The Morgan fingerprint density at radius 3 is 2.00 bits per heavy atom. The Kier molecular flexibility index (Phi) is 8.95. The third kappa shape index (κ3) is 6.40. The summed E-state index contributed by atoms with van der Waals surface area (Å²) < 4.78 is 94.9. The molecule has 1 unspecified atom stereocenters. The second-order valence-electron chi connectivity index (χ2n) is 8.56. The van der Waals surface area contributed by atoms with Gasteiger partial charge in [0.15, 0.2) is 16.4 Å². The van der Waals surface area contributed by atoms with E-state index in [0.717, 1.165) is 12.1 Å². The van der Waals surface area contributed by atoms with Crippen molar-refractivity contribution in [3.8, 4) is 0 Å². The Balaban J connectivity index is 1.91. The first kappa shape index (κ1) is 33.7. The third-order valence-electron chi connectivity index (χ3n) is 5.72. The first-order valence-electron chi connectivity index (χ1n) is 11.1. The minimum Gasteiger partial charge on any atom is -0.480 e. The number of fused-ring (bicyclic) bond motifs is 1. The Labute approximate surface area is 244 Å². The van der Waals surface area contributed by atoms with E-state index in [4.69, 9.17) is 5.73 Å². The highest BCUT2D eigenvalue weighted by Crippen LogP contribution is 2.34. The zero-order valence-electron chi connectivity index (χ0n) is 21.2. The van der Waals surface area contributed by atoms with Crippen molar-refractivity contribution in [3.05, 3.63) is 52.1 Å². The van der Waals surface area contributed by atoms with Crippen molar-refractivity contribution in [2.45, 2.75) is 21.9 Å². The summed E-state index contributed by atoms with van der Waals surface area (Å²) in [6.45, 7) is -0.0437. The first-order valence-corrected chi connectivity index (χ1v) is 15.5. The van der Waals surface area contributed by atoms with E-state index in [-0.39, 0.29) is 35.0 Å². The van der Waals surface area contributed by atoms with Crippen molar-refractivity contribution < 1.29 is 63.5 Å². The van der Waals surface area contributed by atoms with E-state index in [1.165, 1.54) is 23.6 Å². The molecule has 22 nitrogen and oxygen atoms in total. The van der Waals surface area contributed by atoms with Crippen LogP contribution in [0, 0.1) is 0 Å². The monoisotopic (exact) mass is 681 g/mol. The maximum Gasteiger partial charge on any atom is 0.347 e. The first-order chi connectivity index (χ1) is 20.1. The van der Waals surface area contributed by atoms with E-state index < -0.39 is 74.7 Å². The highest BCUT2D eigenvalue weighted by atomic mass is 32.3. The lowest BCUT2D eigenvalue weighted by atomic mass is 10.1. The second kappa shape index (κ2) is 11.7. The number of nitrogens with two attached hydrogens (primary N) is 1. The number of hydrogen-bond acceptors (Lipinski definition) is 15. The molecule has 0 saturated carbocycles. The predicted molar refractivity (Wildman–Crippen MR) is 144 cm³/mol. The number of carboxylic acids is 2. The number of aliphatic carboxylic acids is 2. The van der Waals surface area contributed by atoms with Gasteiger partial charge in [0, 0.05) is 11.3 Å². The van der Waals surface area contributed by atoms with Gasteiger partial charge in [-0.05, 0) is 24.3 Å². The fourth-order valence-electron chi connectivity index (χ4n) is 3.84. The third-order valence-corrected chi connectivity index (χ3v) is 10.9. The number of amides is 1. The van der Waals surface area contributed by atoms with E-state index in [2.05, 4.69) is 25.3 Å². The van der Waals surface area contributed by atoms with Crippen LogP contribution in [0.1, 0.15) is 16.1 Å². The molecular weight excluding hydrogens is 662 g/mol. The number of rotatable bonds is 12. The maximum atomic E-state index is 12.7. The molecule has 44 heavy (non-hydrogen) atoms. The number of benzene rings is 1. The SMILES string of the molecule is Nc1nc2ncc(CNc3ccc(C(=O)N[C@H](C(=O)O)C(C(C(=O)O)(S(=O)(=O)O)S(=O)(=O)O)S(=O)(=O)O)cc3)nc2c(=O)[nH]1. The smallest absolute Gasteiger partial charge is 0.347 e. The summed E-state index contributed by atoms with van der Waals surface area (Å²) in [5.74, 6) is -7.69. The molecule has 3 aromatic rings. The van der Waals surface area contributed by atoms with Gasteiger partial charge in [-0.2, -0.15) is 30.2 Å². The molecule has 2 atom stereocenters. The molecule has 0 spiro atoms. The van der Waals surface area contributed by atoms with Gasteiger partial charge >= 0.3 is 36.3 Å². The van der Waals surface area contributed by atoms with Gasteiger partial charge < -0.3 is 26.6 Å². The molecule has 3 rings (SSSR count). The summed E-state index contributed by atoms with van der Waals surface area (Å²) >= 11 is 0. The fourth-order valence-corrected chi connectivity index (χ4v) is 8.68. The molecule has 1 amide bonds. The van der Waals surface area contributed by atoms with Crippen LogP contribution >= 0.6 is 0 Å². The highest BCUT2D eigenvalue weighted by Gasteiger charge is 2.74. The van der Waals surface area contributed by atoms with Crippen molar-refractivity contribution in [1.82, 2.24) is 25.3 Å². The van der Waals surface area contributed by atoms with E-state index in [0.29, 0.717) is 0 Å². The molecule has 0 saturated heterocycles. The normalized spacial score (nSPS) is 14.0. The Morgan fingerprint density at radius 2 is 1.52 bits per heavy atom. The molecule has 0 bridgehead atoms. The molecule has 25 heteroatoms. The van der Waals surface area contributed by atoms with E-state index in [1.807, 2.05) is 0 Å². The summed E-state index contributed by atoms with van der Waals surface area (Å²) in [5.41, 5.74) is 4.66. The lowest BCUT2D eigenvalue weighted by molar-refractivity contribution is -0.140. The van der Waals surface area contributed by atoms with Gasteiger partial charge in [0.25, 0.3) is 21.6 Å². The number of H-pyrrole nitrogens is 1. The second-order valence-corrected chi connectivity index (χ2v) is 13.5. The number of anilines is 2. The number of nitrogens with one attached hydrogen (secondary N) is 3. The van der Waals surface area contributed by atoms with Crippen LogP contribution in [-0.4, -0.2) is 102 Å². The van der Waals surface area contributed by atoms with Gasteiger partial charge in [0.05, 0.1) is 18.4 Å². The van der Waals surface area contributed by atoms with Crippen LogP contribution in [0.25, 0.3) is 11.2 Å². The van der Waals surface area contributed by atoms with Gasteiger partial charge in [-0.1, -0.05) is 0 Å². The van der Waals surface area contributed by atoms with E-state index in [1.54, 1.807) is 0 Å². The van der Waals surface area contributed by atoms with Crippen molar-refractivity contribution in [1.29, 1.82) is 0 Å². The lowest BCUT2D eigenvalue weighted by Crippen LogP contribution is -2.70. The summed E-state index contributed by atoms with van der Waals surface area (Å²) in [7, 11) is -20.1. The minimum absolute atomic E-state index is 0.0185. The average molecular weight is 682 g/mol. The van der Waals surface area contributed by atoms with Crippen LogP contribution < -0.4 is 21.9 Å². The fraction of sp³-hybridized carbons (Fsp3) is 0.211. The molecule has 0 aliphatic rings. The van der Waals surface area contributed by atoms with Crippen LogP contribution in [0.15, 0.2) is 35.3 Å². The number of carbonyl (C=O) groups is 3. The summed E-state index contributed by atoms with van der Waals surface area (Å²) in [6.07, 6.45) is 1.27. The van der Waals surface area contributed by atoms with Crippen molar-refractivity contribution in [2.75, 3.05) is 11.1 Å². The summed E-state index contributed by atoms with van der Waals surface area (Å²) in [5, 5.41) is 18.9. The number of carbonyl (C=O) groups excluding carboxylic acids is 1. The average Bonchev–Trinajstić information content (AvgIpc) is 2.87. The molecule has 0 radical (unpaired) electrons. The zero-order chi connectivity index (χ0) is 33.4. The number of aromatic amines is 1. The van der Waals surface area contributed by atoms with Crippen molar-refractivity contribution >= 4 is 71.0 Å². The van der Waals surface area contributed by atoms with Crippen LogP contribution in [0.5, 0.6) is 0 Å². The quantitative estimate of drug-likeness (QED) is 0.0854. The lowest BCUT2D eigenvalue weighted by Gasteiger charge is -2.32. The maximum absolute atomic E-state index is 12.7. The number of nitrogens with zero attached hydrogens (tertiary/aromatic N) is 3. The van der Waals surface area contributed by atoms with Gasteiger partial charge in [-0.3, -0.25) is 28.2 Å². The van der Waals surface area contributed by atoms with Gasteiger partial charge in [0.1, 0.15) is 6.04 Å². The standard InChI is InChI=1S/C19H19N7O15S3/c20-18-25-13-11(15(28)26-18)23-9(6-22-13)5-21-8-3-1-7(2-4-8)14(27)24-10(16(29)30)12(42(33,34)35)19(17(31)32,43(36,37)38)44(39,40)41/h1-4,6,10,12,21H,5H2,(H,24,27)(H,29,30)(H,31,32)(H,33,34,35)(H,36,37,38)(H,39,40,41)(H3,20,22,25,26,28)/t10-,12?/m0/s1. The largest absolute Gasteiger partial charge is 0.480 e. The zero-order valence-corrected chi connectivity index (χ0v) is 23.7. The molecule has 0 aliphatic carbocycles. The van der Waals surface area contributed by atoms with E-state index >= 15 is 0 Å². The van der Waals surface area contributed by atoms with Gasteiger partial charge in [0.2, 0.25) is 5.95 Å².